The van der Waals surface area contributed by atoms with Crippen molar-refractivity contribution in [1.82, 2.24) is 19.8 Å². The van der Waals surface area contributed by atoms with E-state index in [-0.39, 0.29) is 23.6 Å². The lowest BCUT2D eigenvalue weighted by Crippen LogP contribution is -2.39. The van der Waals surface area contributed by atoms with Gasteiger partial charge < -0.3 is 19.9 Å². The van der Waals surface area contributed by atoms with E-state index < -0.39 is 5.60 Å². The lowest BCUT2D eigenvalue weighted by atomic mass is 10.1. The van der Waals surface area contributed by atoms with E-state index in [1.165, 1.54) is 10.9 Å². The van der Waals surface area contributed by atoms with Gasteiger partial charge in [-0.3, -0.25) is 14.2 Å². The highest BCUT2D eigenvalue weighted by molar-refractivity contribution is 5.95. The number of ether oxygens (including phenoxy) is 1. The van der Waals surface area contributed by atoms with Crippen molar-refractivity contribution >= 4 is 28.6 Å². The summed E-state index contributed by atoms with van der Waals surface area (Å²) in [5, 5.41) is 3.51. The molecule has 0 bridgehead atoms. The minimum absolute atomic E-state index is 0.126. The van der Waals surface area contributed by atoms with Gasteiger partial charge in [0.05, 0.1) is 16.6 Å². The van der Waals surface area contributed by atoms with Crippen LogP contribution in [0.25, 0.3) is 16.6 Å². The van der Waals surface area contributed by atoms with Gasteiger partial charge in [-0.2, -0.15) is 0 Å². The Hall–Kier alpha value is -3.88. The van der Waals surface area contributed by atoms with Gasteiger partial charge in [0.2, 0.25) is 0 Å². The van der Waals surface area contributed by atoms with Crippen LogP contribution < -0.4 is 15.8 Å². The number of carbonyl (C=O) groups is 2. The second-order valence-electron chi connectivity index (χ2n) is 11.2. The summed E-state index contributed by atoms with van der Waals surface area (Å²) < 4.78 is 7.06. The molecule has 1 aromatic heterocycles. The second kappa shape index (κ2) is 10.1. The van der Waals surface area contributed by atoms with Crippen molar-refractivity contribution in [1.29, 1.82) is 0 Å². The van der Waals surface area contributed by atoms with Gasteiger partial charge in [-0.05, 0) is 82.9 Å². The lowest BCUT2D eigenvalue weighted by Gasteiger charge is -2.27. The van der Waals surface area contributed by atoms with E-state index in [1.807, 2.05) is 52.0 Å². The molecule has 2 amide bonds. The molecule has 1 aliphatic heterocycles. The highest BCUT2D eigenvalue weighted by Gasteiger charge is 2.26. The molecule has 9 heteroatoms. The predicted molar refractivity (Wildman–Crippen MR) is 147 cm³/mol. The van der Waals surface area contributed by atoms with Gasteiger partial charge in [0.15, 0.2) is 0 Å². The summed E-state index contributed by atoms with van der Waals surface area (Å²) in [7, 11) is 0. The maximum Gasteiger partial charge on any atom is 0.410 e. The number of hydrogen-bond acceptors (Lipinski definition) is 6. The van der Waals surface area contributed by atoms with E-state index in [0.717, 1.165) is 37.1 Å². The summed E-state index contributed by atoms with van der Waals surface area (Å²) in [5.41, 5.74) is 2.84. The largest absolute Gasteiger partial charge is 0.444 e. The number of fused-ring (bicyclic) bond motifs is 1. The van der Waals surface area contributed by atoms with Crippen molar-refractivity contribution in [2.24, 2.45) is 0 Å². The first-order valence-electron chi connectivity index (χ1n) is 13.3. The highest BCUT2D eigenvalue weighted by Crippen LogP contribution is 2.23. The van der Waals surface area contributed by atoms with Gasteiger partial charge in [0.25, 0.3) is 11.5 Å². The Morgan fingerprint density at radius 1 is 1.03 bits per heavy atom. The van der Waals surface area contributed by atoms with Crippen LogP contribution in [0.1, 0.15) is 56.0 Å². The molecule has 2 heterocycles. The molecule has 0 atom stereocenters. The van der Waals surface area contributed by atoms with Gasteiger partial charge in [-0.1, -0.05) is 6.07 Å². The van der Waals surface area contributed by atoms with Crippen LogP contribution in [-0.4, -0.2) is 64.3 Å². The summed E-state index contributed by atoms with van der Waals surface area (Å²) in [4.78, 5) is 47.3. The number of anilines is 1. The third kappa shape index (κ3) is 5.66. The minimum atomic E-state index is -0.535. The molecule has 2 fully saturated rings. The number of nitrogens with zero attached hydrogens (tertiary/aromatic N) is 4. The fourth-order valence-electron chi connectivity index (χ4n) is 4.67. The zero-order valence-corrected chi connectivity index (χ0v) is 22.5. The van der Waals surface area contributed by atoms with Crippen LogP contribution in [0.15, 0.2) is 47.5 Å². The van der Waals surface area contributed by atoms with E-state index in [2.05, 4.69) is 15.2 Å². The minimum Gasteiger partial charge on any atom is -0.444 e. The first-order chi connectivity index (χ1) is 18.1. The van der Waals surface area contributed by atoms with Crippen molar-refractivity contribution in [3.8, 4) is 5.69 Å². The van der Waals surface area contributed by atoms with E-state index in [4.69, 9.17) is 4.74 Å². The Labute approximate surface area is 222 Å². The van der Waals surface area contributed by atoms with Gasteiger partial charge in [0, 0.05) is 43.5 Å². The predicted octanol–water partition coefficient (Wildman–Crippen LogP) is 4.03. The molecule has 0 radical (unpaired) electrons. The van der Waals surface area contributed by atoms with Crippen molar-refractivity contribution in [3.63, 3.8) is 0 Å². The zero-order valence-electron chi connectivity index (χ0n) is 22.5. The number of carbonyl (C=O) groups excluding carboxylic acids is 2. The number of benzene rings is 2. The molecule has 1 N–H and O–H groups in total. The van der Waals surface area contributed by atoms with Crippen LogP contribution in [0.4, 0.5) is 10.5 Å². The Kier molecular flexibility index (Phi) is 6.86. The average Bonchev–Trinajstić information content (AvgIpc) is 3.70. The van der Waals surface area contributed by atoms with Crippen molar-refractivity contribution in [2.75, 3.05) is 31.1 Å². The van der Waals surface area contributed by atoms with E-state index in [9.17, 15) is 14.4 Å². The quantitative estimate of drug-likeness (QED) is 0.561. The molecule has 1 aliphatic carbocycles. The van der Waals surface area contributed by atoms with Crippen LogP contribution in [0.3, 0.4) is 0 Å². The summed E-state index contributed by atoms with van der Waals surface area (Å²) >= 11 is 0. The number of hydrogen-bond donors (Lipinski definition) is 1. The third-order valence-electron chi connectivity index (χ3n) is 6.90. The maximum absolute atomic E-state index is 13.7. The van der Waals surface area contributed by atoms with Crippen molar-refractivity contribution in [2.45, 2.75) is 58.6 Å². The van der Waals surface area contributed by atoms with Crippen LogP contribution in [0.5, 0.6) is 0 Å². The Morgan fingerprint density at radius 3 is 2.55 bits per heavy atom. The normalized spacial score (nSPS) is 16.3. The van der Waals surface area contributed by atoms with Gasteiger partial charge in [-0.25, -0.2) is 9.78 Å². The summed E-state index contributed by atoms with van der Waals surface area (Å²) in [6, 6.07) is 11.4. The van der Waals surface area contributed by atoms with Gasteiger partial charge in [0.1, 0.15) is 11.9 Å². The molecule has 5 rings (SSSR count). The SMILES string of the molecule is Cc1ccc(C(=O)NC2CC2)cc1-n1cnc2ccc(N3CCCN(C(=O)OC(C)(C)C)CC3)cc2c1=O. The molecule has 0 unspecified atom stereocenters. The average molecular weight is 518 g/mol. The fourth-order valence-corrected chi connectivity index (χ4v) is 4.67. The van der Waals surface area contributed by atoms with E-state index >= 15 is 0 Å². The molecule has 2 aliphatic rings. The second-order valence-corrected chi connectivity index (χ2v) is 11.2. The summed E-state index contributed by atoms with van der Waals surface area (Å²) in [5.74, 6) is -0.126. The van der Waals surface area contributed by atoms with Crippen LogP contribution in [-0.2, 0) is 4.74 Å². The Bertz CT molecular complexity index is 1440. The Morgan fingerprint density at radius 2 is 1.82 bits per heavy atom. The van der Waals surface area contributed by atoms with Crippen molar-refractivity contribution in [3.05, 3.63) is 64.2 Å². The molecule has 3 aromatic rings. The molecular formula is C29H35N5O4. The fraction of sp³-hybridized carbons (Fsp3) is 0.448. The van der Waals surface area contributed by atoms with E-state index in [1.54, 1.807) is 17.0 Å². The molecule has 200 valence electrons. The molecular weight excluding hydrogens is 482 g/mol. The molecule has 1 saturated heterocycles. The molecule has 38 heavy (non-hydrogen) atoms. The number of aromatic nitrogens is 2. The first-order valence-corrected chi connectivity index (χ1v) is 13.3. The topological polar surface area (TPSA) is 96.8 Å². The smallest absolute Gasteiger partial charge is 0.410 e. The molecule has 2 aromatic carbocycles. The number of nitrogens with one attached hydrogen (secondary N) is 1. The lowest BCUT2D eigenvalue weighted by molar-refractivity contribution is 0.0263. The maximum atomic E-state index is 13.7. The summed E-state index contributed by atoms with van der Waals surface area (Å²) in [6.07, 6.45) is 4.05. The molecule has 1 saturated carbocycles. The number of aryl methyl sites for hydroxylation is 1. The molecule has 0 spiro atoms. The van der Waals surface area contributed by atoms with Crippen LogP contribution >= 0.6 is 0 Å². The Balaban J connectivity index is 1.41. The van der Waals surface area contributed by atoms with Gasteiger partial charge in [-0.15, -0.1) is 0 Å². The van der Waals surface area contributed by atoms with E-state index in [0.29, 0.717) is 41.8 Å². The zero-order chi connectivity index (χ0) is 27.0. The molecule has 9 nitrogen and oxygen atoms in total. The standard InChI is InChI=1S/C29H35N5O4/c1-19-6-7-20(26(35)31-21-8-9-21)16-25(19)34-18-30-24-11-10-22(17-23(24)27(34)36)32-12-5-13-33(15-14-32)28(37)38-29(2,3)4/h6-7,10-11,16-18,21H,5,8-9,12-15H2,1-4H3,(H,31,35). The first kappa shape index (κ1) is 25.8. The highest BCUT2D eigenvalue weighted by atomic mass is 16.6. The van der Waals surface area contributed by atoms with Crippen molar-refractivity contribution < 1.29 is 14.3 Å². The third-order valence-corrected chi connectivity index (χ3v) is 6.90. The number of amides is 2. The number of rotatable bonds is 4. The van der Waals surface area contributed by atoms with Crippen LogP contribution in [0, 0.1) is 6.92 Å². The summed E-state index contributed by atoms with van der Waals surface area (Å²) in [6.45, 7) is 10.1. The van der Waals surface area contributed by atoms with Crippen LogP contribution in [0.2, 0.25) is 0 Å². The monoisotopic (exact) mass is 517 g/mol. The van der Waals surface area contributed by atoms with Gasteiger partial charge >= 0.3 is 6.09 Å².